The van der Waals surface area contributed by atoms with Crippen molar-refractivity contribution in [1.82, 2.24) is 20.0 Å². The quantitative estimate of drug-likeness (QED) is 0.637. The van der Waals surface area contributed by atoms with Crippen LogP contribution in [0.3, 0.4) is 0 Å². The standard InChI is InChI=1S/C20H34N4O4/c1-16(25)23-9-6-18(7-10-23)24(17-2-3-17)20(27)5-4-19(26)21-8-11-22-12-14-28-15-13-22/h17-18H,2-15H2,1H3,(H,21,26). The van der Waals surface area contributed by atoms with Crippen LogP contribution in [0.2, 0.25) is 0 Å². The second-order valence-corrected chi connectivity index (χ2v) is 8.07. The number of carbonyl (C=O) groups is 3. The number of carbonyl (C=O) groups excluding carboxylic acids is 3. The highest BCUT2D eigenvalue weighted by molar-refractivity contribution is 5.84. The Morgan fingerprint density at radius 1 is 0.964 bits per heavy atom. The Kier molecular flexibility index (Phi) is 7.67. The van der Waals surface area contributed by atoms with Crippen LogP contribution in [0.15, 0.2) is 0 Å². The van der Waals surface area contributed by atoms with Crippen LogP contribution in [0.5, 0.6) is 0 Å². The Morgan fingerprint density at radius 2 is 1.61 bits per heavy atom. The molecule has 3 fully saturated rings. The number of morpholine rings is 1. The molecule has 28 heavy (non-hydrogen) atoms. The van der Waals surface area contributed by atoms with Gasteiger partial charge < -0.3 is 19.9 Å². The lowest BCUT2D eigenvalue weighted by molar-refractivity contribution is -0.138. The lowest BCUT2D eigenvalue weighted by Crippen LogP contribution is -2.49. The van der Waals surface area contributed by atoms with E-state index in [0.29, 0.717) is 12.6 Å². The van der Waals surface area contributed by atoms with E-state index in [2.05, 4.69) is 10.2 Å². The van der Waals surface area contributed by atoms with Gasteiger partial charge in [-0.2, -0.15) is 0 Å². The van der Waals surface area contributed by atoms with Crippen molar-refractivity contribution in [2.24, 2.45) is 0 Å². The van der Waals surface area contributed by atoms with Crippen molar-refractivity contribution in [2.75, 3.05) is 52.5 Å². The fourth-order valence-corrected chi connectivity index (χ4v) is 4.13. The molecule has 3 aliphatic rings. The summed E-state index contributed by atoms with van der Waals surface area (Å²) in [6, 6.07) is 0.547. The summed E-state index contributed by atoms with van der Waals surface area (Å²) >= 11 is 0. The lowest BCUT2D eigenvalue weighted by atomic mass is 10.0. The molecule has 0 atom stereocenters. The summed E-state index contributed by atoms with van der Waals surface area (Å²) in [6.45, 7) is 7.81. The van der Waals surface area contributed by atoms with E-state index in [0.717, 1.165) is 71.6 Å². The molecule has 0 aromatic rings. The molecule has 1 N–H and O–H groups in total. The van der Waals surface area contributed by atoms with Gasteiger partial charge in [0.05, 0.1) is 13.2 Å². The molecule has 2 saturated heterocycles. The van der Waals surface area contributed by atoms with Gasteiger partial charge in [-0.3, -0.25) is 19.3 Å². The summed E-state index contributed by atoms with van der Waals surface area (Å²) in [5.74, 6) is 0.146. The van der Waals surface area contributed by atoms with Crippen molar-refractivity contribution in [1.29, 1.82) is 0 Å². The second-order valence-electron chi connectivity index (χ2n) is 8.07. The largest absolute Gasteiger partial charge is 0.379 e. The fourth-order valence-electron chi connectivity index (χ4n) is 4.13. The first kappa shape index (κ1) is 21.0. The van der Waals surface area contributed by atoms with Crippen LogP contribution < -0.4 is 5.32 Å². The topological polar surface area (TPSA) is 82.2 Å². The number of nitrogens with zero attached hydrogens (tertiary/aromatic N) is 3. The first-order chi connectivity index (χ1) is 13.5. The molecule has 0 bridgehead atoms. The van der Waals surface area contributed by atoms with E-state index in [-0.39, 0.29) is 36.6 Å². The Labute approximate surface area is 167 Å². The number of piperidine rings is 1. The molecule has 0 aromatic carbocycles. The van der Waals surface area contributed by atoms with Crippen molar-refractivity contribution < 1.29 is 19.1 Å². The van der Waals surface area contributed by atoms with E-state index in [1.807, 2.05) is 9.80 Å². The number of likely N-dealkylation sites (tertiary alicyclic amines) is 1. The SMILES string of the molecule is CC(=O)N1CCC(N(C(=O)CCC(=O)NCCN2CCOCC2)C2CC2)CC1. The molecule has 0 spiro atoms. The molecule has 2 aliphatic heterocycles. The molecule has 1 saturated carbocycles. The van der Waals surface area contributed by atoms with E-state index in [1.54, 1.807) is 6.92 Å². The fraction of sp³-hybridized carbons (Fsp3) is 0.850. The molecular weight excluding hydrogens is 360 g/mol. The minimum atomic E-state index is -0.0521. The van der Waals surface area contributed by atoms with Gasteiger partial charge in [0.15, 0.2) is 0 Å². The third-order valence-electron chi connectivity index (χ3n) is 5.95. The summed E-state index contributed by atoms with van der Waals surface area (Å²) in [5.41, 5.74) is 0. The van der Waals surface area contributed by atoms with Crippen LogP contribution in [0, 0.1) is 0 Å². The van der Waals surface area contributed by atoms with Gasteiger partial charge in [-0.15, -0.1) is 0 Å². The lowest BCUT2D eigenvalue weighted by Gasteiger charge is -2.38. The first-order valence-corrected chi connectivity index (χ1v) is 10.7. The van der Waals surface area contributed by atoms with Gasteiger partial charge in [0, 0.05) is 71.1 Å². The third-order valence-corrected chi connectivity index (χ3v) is 5.95. The van der Waals surface area contributed by atoms with Gasteiger partial charge in [0.25, 0.3) is 0 Å². The molecule has 3 rings (SSSR count). The zero-order valence-electron chi connectivity index (χ0n) is 17.0. The minimum Gasteiger partial charge on any atom is -0.379 e. The summed E-state index contributed by atoms with van der Waals surface area (Å²) in [5, 5.41) is 2.93. The molecule has 0 aromatic heterocycles. The molecule has 3 amide bonds. The van der Waals surface area contributed by atoms with Crippen molar-refractivity contribution in [3.8, 4) is 0 Å². The number of nitrogens with one attached hydrogen (secondary N) is 1. The van der Waals surface area contributed by atoms with Gasteiger partial charge in [-0.1, -0.05) is 0 Å². The molecule has 0 unspecified atom stereocenters. The Hall–Kier alpha value is -1.67. The summed E-state index contributed by atoms with van der Waals surface area (Å²) in [7, 11) is 0. The summed E-state index contributed by atoms with van der Waals surface area (Å²) in [4.78, 5) is 42.6. The van der Waals surface area contributed by atoms with Crippen molar-refractivity contribution >= 4 is 17.7 Å². The van der Waals surface area contributed by atoms with Crippen LogP contribution in [-0.4, -0.2) is 97.0 Å². The third kappa shape index (κ3) is 6.17. The van der Waals surface area contributed by atoms with Crippen LogP contribution in [-0.2, 0) is 19.1 Å². The van der Waals surface area contributed by atoms with E-state index in [9.17, 15) is 14.4 Å². The average Bonchev–Trinajstić information content (AvgIpc) is 3.53. The van der Waals surface area contributed by atoms with Gasteiger partial charge >= 0.3 is 0 Å². The van der Waals surface area contributed by atoms with Gasteiger partial charge in [0.1, 0.15) is 0 Å². The smallest absolute Gasteiger partial charge is 0.223 e. The molecular formula is C20H34N4O4. The molecule has 2 heterocycles. The van der Waals surface area contributed by atoms with Crippen molar-refractivity contribution in [3.05, 3.63) is 0 Å². The number of ether oxygens (including phenoxy) is 1. The normalized spacial score (nSPS) is 21.4. The predicted molar refractivity (Wildman–Crippen MR) is 105 cm³/mol. The highest BCUT2D eigenvalue weighted by atomic mass is 16.5. The van der Waals surface area contributed by atoms with Crippen LogP contribution in [0.4, 0.5) is 0 Å². The van der Waals surface area contributed by atoms with Crippen molar-refractivity contribution in [3.63, 3.8) is 0 Å². The maximum atomic E-state index is 12.8. The Morgan fingerprint density at radius 3 is 2.21 bits per heavy atom. The Balaban J connectivity index is 1.37. The van der Waals surface area contributed by atoms with Crippen LogP contribution >= 0.6 is 0 Å². The second kappa shape index (κ2) is 10.2. The van der Waals surface area contributed by atoms with Gasteiger partial charge in [-0.05, 0) is 25.7 Å². The molecule has 1 aliphatic carbocycles. The average molecular weight is 395 g/mol. The number of amides is 3. The summed E-state index contributed by atoms with van der Waals surface area (Å²) < 4.78 is 5.32. The molecule has 0 radical (unpaired) electrons. The minimum absolute atomic E-state index is 0.0521. The number of hydrogen-bond acceptors (Lipinski definition) is 5. The first-order valence-electron chi connectivity index (χ1n) is 10.7. The van der Waals surface area contributed by atoms with Crippen LogP contribution in [0.1, 0.15) is 45.4 Å². The number of hydrogen-bond donors (Lipinski definition) is 1. The number of rotatable bonds is 8. The monoisotopic (exact) mass is 394 g/mol. The van der Waals surface area contributed by atoms with Gasteiger partial charge in [0.2, 0.25) is 17.7 Å². The van der Waals surface area contributed by atoms with E-state index in [4.69, 9.17) is 4.74 Å². The zero-order valence-corrected chi connectivity index (χ0v) is 17.0. The maximum absolute atomic E-state index is 12.8. The predicted octanol–water partition coefficient (Wildman–Crippen LogP) is 0.217. The Bertz CT molecular complexity index is 552. The van der Waals surface area contributed by atoms with Crippen LogP contribution in [0.25, 0.3) is 0 Å². The van der Waals surface area contributed by atoms with Gasteiger partial charge in [-0.25, -0.2) is 0 Å². The van der Waals surface area contributed by atoms with Crippen molar-refractivity contribution in [2.45, 2.75) is 57.5 Å². The zero-order chi connectivity index (χ0) is 19.9. The highest BCUT2D eigenvalue weighted by Crippen LogP contribution is 2.32. The maximum Gasteiger partial charge on any atom is 0.223 e. The molecule has 158 valence electrons. The highest BCUT2D eigenvalue weighted by Gasteiger charge is 2.38. The van der Waals surface area contributed by atoms with E-state index >= 15 is 0 Å². The molecule has 8 heteroatoms. The van der Waals surface area contributed by atoms with E-state index in [1.165, 1.54) is 0 Å². The summed E-state index contributed by atoms with van der Waals surface area (Å²) in [6.07, 6.45) is 4.32. The molecule has 8 nitrogen and oxygen atoms in total. The van der Waals surface area contributed by atoms with E-state index < -0.39 is 0 Å².